The molecular formula is C10H21N. The molecule has 1 nitrogen and oxygen atoms in total. The largest absolute Gasteiger partial charge is 0.311 e. The van der Waals surface area contributed by atoms with Crippen LogP contribution in [-0.4, -0.2) is 12.1 Å². The zero-order valence-corrected chi connectivity index (χ0v) is 8.28. The van der Waals surface area contributed by atoms with Gasteiger partial charge in [-0.1, -0.05) is 20.8 Å². The molecule has 66 valence electrons. The number of hydrogen-bond donors (Lipinski definition) is 1. The summed E-state index contributed by atoms with van der Waals surface area (Å²) in [6.45, 7) is 10.6. The van der Waals surface area contributed by atoms with Gasteiger partial charge in [0.05, 0.1) is 0 Å². The Hall–Kier alpha value is -0.0400. The lowest BCUT2D eigenvalue weighted by atomic mass is 9.79. The average Bonchev–Trinajstić information content (AvgIpc) is 2.35. The Bertz CT molecular complexity index is 123. The maximum absolute atomic E-state index is 3.61. The zero-order valence-electron chi connectivity index (χ0n) is 8.28. The van der Waals surface area contributed by atoms with Crippen LogP contribution in [0.15, 0.2) is 0 Å². The van der Waals surface area contributed by atoms with Crippen LogP contribution in [0.3, 0.4) is 0 Å². The first-order chi connectivity index (χ1) is 5.06. The predicted octanol–water partition coefficient (Wildman–Crippen LogP) is 2.42. The van der Waals surface area contributed by atoms with E-state index in [0.29, 0.717) is 5.54 Å². The van der Waals surface area contributed by atoms with E-state index in [1.165, 1.54) is 19.4 Å². The van der Waals surface area contributed by atoms with Crippen LogP contribution in [0.5, 0.6) is 0 Å². The summed E-state index contributed by atoms with van der Waals surface area (Å²) in [5.41, 5.74) is 0.425. The van der Waals surface area contributed by atoms with Crippen LogP contribution in [0.25, 0.3) is 0 Å². The Labute approximate surface area is 70.6 Å². The fourth-order valence-electron chi connectivity index (χ4n) is 2.04. The first-order valence-corrected chi connectivity index (χ1v) is 4.81. The quantitative estimate of drug-likeness (QED) is 0.645. The molecule has 0 aromatic carbocycles. The second-order valence-electron chi connectivity index (χ2n) is 4.48. The summed E-state index contributed by atoms with van der Waals surface area (Å²) in [6.07, 6.45) is 2.71. The van der Waals surface area contributed by atoms with Crippen LogP contribution in [0.4, 0.5) is 0 Å². The molecule has 2 atom stereocenters. The van der Waals surface area contributed by atoms with Crippen molar-refractivity contribution in [3.05, 3.63) is 0 Å². The standard InChI is InChI=1S/C10H21N/c1-8(2)9(3)10(4)6-5-7-11-10/h8-9,11H,5-7H2,1-4H3. The molecule has 2 unspecified atom stereocenters. The Balaban J connectivity index is 2.56. The van der Waals surface area contributed by atoms with E-state index >= 15 is 0 Å². The molecule has 1 aliphatic heterocycles. The van der Waals surface area contributed by atoms with Gasteiger partial charge in [0.15, 0.2) is 0 Å². The third kappa shape index (κ3) is 1.76. The first-order valence-electron chi connectivity index (χ1n) is 4.81. The highest BCUT2D eigenvalue weighted by molar-refractivity contribution is 4.93. The molecule has 1 aliphatic rings. The fourth-order valence-corrected chi connectivity index (χ4v) is 2.04. The predicted molar refractivity (Wildman–Crippen MR) is 49.6 cm³/mol. The second-order valence-corrected chi connectivity index (χ2v) is 4.48. The van der Waals surface area contributed by atoms with Gasteiger partial charge in [0.1, 0.15) is 0 Å². The highest BCUT2D eigenvalue weighted by atomic mass is 15.0. The van der Waals surface area contributed by atoms with Gasteiger partial charge in [0.2, 0.25) is 0 Å². The lowest BCUT2D eigenvalue weighted by Crippen LogP contribution is -2.44. The minimum absolute atomic E-state index is 0.425. The van der Waals surface area contributed by atoms with Crippen LogP contribution < -0.4 is 5.32 Å². The van der Waals surface area contributed by atoms with Gasteiger partial charge in [0, 0.05) is 5.54 Å². The minimum Gasteiger partial charge on any atom is -0.311 e. The smallest absolute Gasteiger partial charge is 0.0181 e. The molecule has 1 N–H and O–H groups in total. The van der Waals surface area contributed by atoms with Gasteiger partial charge < -0.3 is 5.32 Å². The molecule has 0 amide bonds. The molecular weight excluding hydrogens is 134 g/mol. The minimum atomic E-state index is 0.425. The topological polar surface area (TPSA) is 12.0 Å². The van der Waals surface area contributed by atoms with E-state index in [1.807, 2.05) is 0 Å². The van der Waals surface area contributed by atoms with E-state index < -0.39 is 0 Å². The van der Waals surface area contributed by atoms with E-state index in [2.05, 4.69) is 33.0 Å². The van der Waals surface area contributed by atoms with Crippen molar-refractivity contribution in [1.82, 2.24) is 5.32 Å². The third-order valence-electron chi connectivity index (χ3n) is 3.41. The molecule has 1 heteroatoms. The van der Waals surface area contributed by atoms with Crippen LogP contribution >= 0.6 is 0 Å². The average molecular weight is 155 g/mol. The molecule has 0 bridgehead atoms. The fraction of sp³-hybridized carbons (Fsp3) is 1.00. The monoisotopic (exact) mass is 155 g/mol. The lowest BCUT2D eigenvalue weighted by molar-refractivity contribution is 0.220. The molecule has 1 saturated heterocycles. The molecule has 0 aromatic heterocycles. The van der Waals surface area contributed by atoms with Crippen molar-refractivity contribution in [2.75, 3.05) is 6.54 Å². The van der Waals surface area contributed by atoms with Crippen molar-refractivity contribution in [2.24, 2.45) is 11.8 Å². The Morgan fingerprint density at radius 2 is 1.91 bits per heavy atom. The van der Waals surface area contributed by atoms with Crippen LogP contribution in [0, 0.1) is 11.8 Å². The lowest BCUT2D eigenvalue weighted by Gasteiger charge is -2.34. The zero-order chi connectivity index (χ0) is 8.48. The summed E-state index contributed by atoms with van der Waals surface area (Å²) in [6, 6.07) is 0. The van der Waals surface area contributed by atoms with Gasteiger partial charge in [-0.2, -0.15) is 0 Å². The van der Waals surface area contributed by atoms with Crippen molar-refractivity contribution in [3.63, 3.8) is 0 Å². The number of nitrogens with one attached hydrogen (secondary N) is 1. The highest BCUT2D eigenvalue weighted by Crippen LogP contribution is 2.31. The molecule has 1 heterocycles. The summed E-state index contributed by atoms with van der Waals surface area (Å²) >= 11 is 0. The normalized spacial score (nSPS) is 34.6. The van der Waals surface area contributed by atoms with Crippen molar-refractivity contribution in [2.45, 2.75) is 46.1 Å². The van der Waals surface area contributed by atoms with Gasteiger partial charge in [0.25, 0.3) is 0 Å². The third-order valence-corrected chi connectivity index (χ3v) is 3.41. The van der Waals surface area contributed by atoms with Crippen LogP contribution in [0.1, 0.15) is 40.5 Å². The van der Waals surface area contributed by atoms with E-state index in [-0.39, 0.29) is 0 Å². The Kier molecular flexibility index (Phi) is 2.58. The van der Waals surface area contributed by atoms with Crippen LogP contribution in [0.2, 0.25) is 0 Å². The highest BCUT2D eigenvalue weighted by Gasteiger charge is 2.34. The van der Waals surface area contributed by atoms with Gasteiger partial charge in [-0.05, 0) is 38.1 Å². The summed E-state index contributed by atoms with van der Waals surface area (Å²) in [5, 5.41) is 3.61. The number of rotatable bonds is 2. The summed E-state index contributed by atoms with van der Waals surface area (Å²) in [5.74, 6) is 1.59. The van der Waals surface area contributed by atoms with E-state index in [4.69, 9.17) is 0 Å². The van der Waals surface area contributed by atoms with Gasteiger partial charge in [-0.3, -0.25) is 0 Å². The molecule has 0 spiro atoms. The van der Waals surface area contributed by atoms with Gasteiger partial charge in [-0.25, -0.2) is 0 Å². The summed E-state index contributed by atoms with van der Waals surface area (Å²) in [4.78, 5) is 0. The molecule has 0 aromatic rings. The SMILES string of the molecule is CC(C)C(C)C1(C)CCCN1. The number of hydrogen-bond acceptors (Lipinski definition) is 1. The maximum atomic E-state index is 3.61. The molecule has 0 aliphatic carbocycles. The van der Waals surface area contributed by atoms with E-state index in [1.54, 1.807) is 0 Å². The van der Waals surface area contributed by atoms with Crippen molar-refractivity contribution in [3.8, 4) is 0 Å². The van der Waals surface area contributed by atoms with Gasteiger partial charge >= 0.3 is 0 Å². The summed E-state index contributed by atoms with van der Waals surface area (Å²) < 4.78 is 0. The maximum Gasteiger partial charge on any atom is 0.0181 e. The van der Waals surface area contributed by atoms with E-state index in [0.717, 1.165) is 11.8 Å². The second kappa shape index (κ2) is 3.14. The Morgan fingerprint density at radius 1 is 1.27 bits per heavy atom. The summed E-state index contributed by atoms with van der Waals surface area (Å²) in [7, 11) is 0. The molecule has 0 saturated carbocycles. The van der Waals surface area contributed by atoms with Gasteiger partial charge in [-0.15, -0.1) is 0 Å². The Morgan fingerprint density at radius 3 is 2.27 bits per heavy atom. The van der Waals surface area contributed by atoms with Crippen molar-refractivity contribution >= 4 is 0 Å². The van der Waals surface area contributed by atoms with E-state index in [9.17, 15) is 0 Å². The van der Waals surface area contributed by atoms with Crippen LogP contribution in [-0.2, 0) is 0 Å². The van der Waals surface area contributed by atoms with Crippen molar-refractivity contribution < 1.29 is 0 Å². The van der Waals surface area contributed by atoms with Crippen molar-refractivity contribution in [1.29, 1.82) is 0 Å². The molecule has 1 fully saturated rings. The molecule has 11 heavy (non-hydrogen) atoms. The first kappa shape index (κ1) is 9.05. The molecule has 0 radical (unpaired) electrons. The molecule has 1 rings (SSSR count).